The SMILES string of the molecule is [CH2-]CCCCCCCCCCCCCCCCC.[H-].[Na+].[Na+]. The molecule has 0 rings (SSSR count). The maximum atomic E-state index is 3.88. The van der Waals surface area contributed by atoms with Gasteiger partial charge in [0.1, 0.15) is 0 Å². The van der Waals surface area contributed by atoms with Crippen molar-refractivity contribution in [1.82, 2.24) is 0 Å². The molecule has 0 aromatic carbocycles. The second-order valence-electron chi connectivity index (χ2n) is 5.80. The molecule has 0 heterocycles. The standard InChI is InChI=1S/C18H37.2Na.H/c1-3-5-7-9-11-13-15-17-18-16-14-12-10-8-6-4-2;;;/h1,3-18H2,2H3;;;/q-1;2*+1;-1. The summed E-state index contributed by atoms with van der Waals surface area (Å²) in [4.78, 5) is 0. The Morgan fingerprint density at radius 1 is 0.500 bits per heavy atom. The van der Waals surface area contributed by atoms with Gasteiger partial charge in [-0.25, -0.2) is 0 Å². The van der Waals surface area contributed by atoms with Gasteiger partial charge in [0.15, 0.2) is 0 Å². The average Bonchev–Trinajstić information content (AvgIpc) is 2.39. The monoisotopic (exact) mass is 300 g/mol. The van der Waals surface area contributed by atoms with E-state index in [1.165, 1.54) is 96.3 Å². The Balaban J connectivity index is -0.000000482. The Morgan fingerprint density at radius 2 is 0.750 bits per heavy atom. The van der Waals surface area contributed by atoms with Crippen molar-refractivity contribution < 1.29 is 60.5 Å². The quantitative estimate of drug-likeness (QED) is 0.242. The molecule has 0 atom stereocenters. The van der Waals surface area contributed by atoms with Gasteiger partial charge in [0.2, 0.25) is 0 Å². The van der Waals surface area contributed by atoms with E-state index < -0.39 is 0 Å². The molecule has 2 heteroatoms. The average molecular weight is 300 g/mol. The molecule has 0 unspecified atom stereocenters. The third-order valence-corrected chi connectivity index (χ3v) is 3.85. The van der Waals surface area contributed by atoms with E-state index >= 15 is 0 Å². The summed E-state index contributed by atoms with van der Waals surface area (Å²) in [5.41, 5.74) is 0. The van der Waals surface area contributed by atoms with Crippen molar-refractivity contribution in [3.8, 4) is 0 Å². The molecular formula is C18H38Na2. The molecule has 0 fully saturated rings. The molecule has 0 aliphatic heterocycles. The molecule has 112 valence electrons. The van der Waals surface area contributed by atoms with Crippen LogP contribution in [0.15, 0.2) is 0 Å². The molecule has 0 radical (unpaired) electrons. The Labute approximate surface area is 175 Å². The van der Waals surface area contributed by atoms with Gasteiger partial charge in [0, 0.05) is 0 Å². The fraction of sp³-hybridized carbons (Fsp3) is 0.944. The van der Waals surface area contributed by atoms with Crippen LogP contribution in [-0.2, 0) is 0 Å². The van der Waals surface area contributed by atoms with Crippen molar-refractivity contribution in [1.29, 1.82) is 0 Å². The zero-order chi connectivity index (χ0) is 13.3. The summed E-state index contributed by atoms with van der Waals surface area (Å²) < 4.78 is 0. The number of unbranched alkanes of at least 4 members (excludes halogenated alkanes) is 15. The van der Waals surface area contributed by atoms with Crippen molar-refractivity contribution in [2.45, 2.75) is 110 Å². The van der Waals surface area contributed by atoms with E-state index in [9.17, 15) is 0 Å². The minimum atomic E-state index is 0. The van der Waals surface area contributed by atoms with Crippen LogP contribution in [0.1, 0.15) is 111 Å². The van der Waals surface area contributed by atoms with Gasteiger partial charge in [-0.05, 0) is 0 Å². The zero-order valence-electron chi connectivity index (χ0n) is 16.0. The second-order valence-corrected chi connectivity index (χ2v) is 5.80. The van der Waals surface area contributed by atoms with Gasteiger partial charge in [-0.3, -0.25) is 0 Å². The third-order valence-electron chi connectivity index (χ3n) is 3.85. The maximum absolute atomic E-state index is 3.88. The number of hydrogen-bond donors (Lipinski definition) is 0. The van der Waals surface area contributed by atoms with Crippen molar-refractivity contribution in [3.63, 3.8) is 0 Å². The van der Waals surface area contributed by atoms with Gasteiger partial charge in [-0.1, -0.05) is 103 Å². The van der Waals surface area contributed by atoms with Crippen molar-refractivity contribution in [2.75, 3.05) is 0 Å². The molecule has 0 spiro atoms. The fourth-order valence-electron chi connectivity index (χ4n) is 2.55. The normalized spacial score (nSPS) is 9.90. The predicted molar refractivity (Wildman–Crippen MR) is 86.0 cm³/mol. The first kappa shape index (κ1) is 26.9. The summed E-state index contributed by atoms with van der Waals surface area (Å²) >= 11 is 0. The molecule has 0 amide bonds. The molecule has 0 bridgehead atoms. The van der Waals surface area contributed by atoms with E-state index in [0.29, 0.717) is 0 Å². The third kappa shape index (κ3) is 25.0. The molecule has 0 aromatic heterocycles. The van der Waals surface area contributed by atoms with Crippen LogP contribution >= 0.6 is 0 Å². The molecular weight excluding hydrogens is 262 g/mol. The van der Waals surface area contributed by atoms with E-state index in [1.54, 1.807) is 0 Å². The van der Waals surface area contributed by atoms with Gasteiger partial charge in [-0.2, -0.15) is 6.42 Å². The summed E-state index contributed by atoms with van der Waals surface area (Å²) in [6.45, 7) is 6.18. The summed E-state index contributed by atoms with van der Waals surface area (Å²) in [5, 5.41) is 0. The fourth-order valence-corrected chi connectivity index (χ4v) is 2.55. The predicted octanol–water partition coefficient (Wildman–Crippen LogP) is 1.20. The molecule has 20 heavy (non-hydrogen) atoms. The van der Waals surface area contributed by atoms with Gasteiger partial charge in [0.25, 0.3) is 0 Å². The Bertz CT molecular complexity index is 127. The van der Waals surface area contributed by atoms with Crippen LogP contribution in [0.25, 0.3) is 0 Å². The first-order valence-corrected chi connectivity index (χ1v) is 8.71. The summed E-state index contributed by atoms with van der Waals surface area (Å²) in [6.07, 6.45) is 22.8. The molecule has 0 N–H and O–H groups in total. The van der Waals surface area contributed by atoms with E-state index in [-0.39, 0.29) is 60.5 Å². The summed E-state index contributed by atoms with van der Waals surface area (Å²) in [7, 11) is 0. The van der Waals surface area contributed by atoms with Crippen LogP contribution in [0.2, 0.25) is 0 Å². The molecule has 0 saturated carbocycles. The van der Waals surface area contributed by atoms with E-state index in [1.807, 2.05) is 0 Å². The van der Waals surface area contributed by atoms with Crippen LogP contribution in [0.5, 0.6) is 0 Å². The Hall–Kier alpha value is 2.00. The van der Waals surface area contributed by atoms with Crippen LogP contribution in [0.3, 0.4) is 0 Å². The molecule has 0 aliphatic rings. The van der Waals surface area contributed by atoms with Crippen LogP contribution in [-0.4, -0.2) is 0 Å². The largest absolute Gasteiger partial charge is 1.00 e. The van der Waals surface area contributed by atoms with Crippen molar-refractivity contribution in [3.05, 3.63) is 6.92 Å². The van der Waals surface area contributed by atoms with Crippen LogP contribution in [0.4, 0.5) is 0 Å². The van der Waals surface area contributed by atoms with Gasteiger partial charge >= 0.3 is 59.1 Å². The molecule has 0 saturated heterocycles. The van der Waals surface area contributed by atoms with Gasteiger partial charge in [-0.15, -0.1) is 0 Å². The minimum absolute atomic E-state index is 0. The number of rotatable bonds is 15. The minimum Gasteiger partial charge on any atom is -1.00 e. The van der Waals surface area contributed by atoms with Crippen molar-refractivity contribution >= 4 is 0 Å². The zero-order valence-corrected chi connectivity index (χ0v) is 19.0. The van der Waals surface area contributed by atoms with E-state index in [2.05, 4.69) is 13.8 Å². The summed E-state index contributed by atoms with van der Waals surface area (Å²) in [6, 6.07) is 0. The first-order chi connectivity index (χ1) is 8.91. The Kier molecular flexibility index (Phi) is 34.8. The number of hydrogen-bond acceptors (Lipinski definition) is 0. The topological polar surface area (TPSA) is 0 Å². The first-order valence-electron chi connectivity index (χ1n) is 8.71. The van der Waals surface area contributed by atoms with Gasteiger partial charge < -0.3 is 8.35 Å². The van der Waals surface area contributed by atoms with Crippen molar-refractivity contribution in [2.24, 2.45) is 0 Å². The summed E-state index contributed by atoms with van der Waals surface area (Å²) in [5.74, 6) is 0. The van der Waals surface area contributed by atoms with Gasteiger partial charge in [0.05, 0.1) is 0 Å². The maximum Gasteiger partial charge on any atom is 1.00 e. The van der Waals surface area contributed by atoms with Crippen LogP contribution in [0, 0.1) is 6.92 Å². The smallest absolute Gasteiger partial charge is 1.00 e. The molecule has 0 nitrogen and oxygen atoms in total. The Morgan fingerprint density at radius 3 is 1.00 bits per heavy atom. The van der Waals surface area contributed by atoms with E-state index in [4.69, 9.17) is 0 Å². The molecule has 0 aromatic rings. The van der Waals surface area contributed by atoms with E-state index in [0.717, 1.165) is 6.42 Å². The molecule has 0 aliphatic carbocycles. The second kappa shape index (κ2) is 25.9. The van der Waals surface area contributed by atoms with Crippen LogP contribution < -0.4 is 59.1 Å².